The first-order chi connectivity index (χ1) is 5.79. The van der Waals surface area contributed by atoms with Gasteiger partial charge in [0, 0.05) is 6.42 Å². The number of hydrogen-bond donors (Lipinski definition) is 1. The van der Waals surface area contributed by atoms with Gasteiger partial charge in [0.05, 0.1) is 0 Å². The molecule has 0 radical (unpaired) electrons. The van der Waals surface area contributed by atoms with Crippen LogP contribution in [0, 0.1) is 0 Å². The van der Waals surface area contributed by atoms with Crippen molar-refractivity contribution in [3.8, 4) is 0 Å². The first-order valence-corrected chi connectivity index (χ1v) is 4.73. The second-order valence-corrected chi connectivity index (χ2v) is 3.40. The highest BCUT2D eigenvalue weighted by Gasteiger charge is 2.10. The average molecular weight is 208 g/mol. The van der Waals surface area contributed by atoms with Crippen LogP contribution in [0.5, 0.6) is 0 Å². The van der Waals surface area contributed by atoms with Gasteiger partial charge in [0.15, 0.2) is 0 Å². The molecule has 4 heteroatoms. The summed E-state index contributed by atoms with van der Waals surface area (Å²) in [7, 11) is 0. The van der Waals surface area contributed by atoms with Crippen LogP contribution in [0.2, 0.25) is 0 Å². The first kappa shape index (κ1) is 12.7. The quantitative estimate of drug-likeness (QED) is 0.699. The molecule has 0 aromatic heterocycles. The highest BCUT2D eigenvalue weighted by atomic mass is 35.5. The minimum Gasteiger partial charge on any atom is -0.481 e. The van der Waals surface area contributed by atoms with Gasteiger partial charge in [-0.1, -0.05) is 0 Å². The van der Waals surface area contributed by atoms with E-state index in [1.54, 1.807) is 0 Å². The van der Waals surface area contributed by atoms with Crippen LogP contribution < -0.4 is 0 Å². The highest BCUT2D eigenvalue weighted by Crippen LogP contribution is 2.08. The molecule has 1 aliphatic heterocycles. The van der Waals surface area contributed by atoms with Gasteiger partial charge in [-0.2, -0.15) is 0 Å². The maximum absolute atomic E-state index is 10.2. The van der Waals surface area contributed by atoms with Crippen LogP contribution in [0.25, 0.3) is 0 Å². The zero-order valence-electron chi connectivity index (χ0n) is 7.87. The molecule has 3 nitrogen and oxygen atoms in total. The van der Waals surface area contributed by atoms with E-state index in [2.05, 4.69) is 4.90 Å². The van der Waals surface area contributed by atoms with E-state index in [0.29, 0.717) is 6.42 Å². The molecule has 78 valence electrons. The molecule has 0 amide bonds. The van der Waals surface area contributed by atoms with Crippen molar-refractivity contribution in [2.24, 2.45) is 0 Å². The average Bonchev–Trinajstić information content (AvgIpc) is 2.49. The van der Waals surface area contributed by atoms with Gasteiger partial charge in [0.1, 0.15) is 0 Å². The van der Waals surface area contributed by atoms with Gasteiger partial charge in [-0.3, -0.25) is 4.79 Å². The van der Waals surface area contributed by atoms with E-state index >= 15 is 0 Å². The second-order valence-electron chi connectivity index (χ2n) is 3.40. The van der Waals surface area contributed by atoms with E-state index < -0.39 is 5.97 Å². The Morgan fingerprint density at radius 3 is 2.38 bits per heavy atom. The van der Waals surface area contributed by atoms with Crippen molar-refractivity contribution in [3.63, 3.8) is 0 Å². The normalized spacial score (nSPS) is 16.9. The van der Waals surface area contributed by atoms with Crippen LogP contribution in [0.15, 0.2) is 0 Å². The smallest absolute Gasteiger partial charge is 0.303 e. The number of aliphatic carboxylic acids is 1. The lowest BCUT2D eigenvalue weighted by atomic mass is 10.2. The molecule has 1 heterocycles. The molecule has 0 atom stereocenters. The summed E-state index contributed by atoms with van der Waals surface area (Å²) in [6, 6.07) is 0. The molecular weight excluding hydrogens is 190 g/mol. The lowest BCUT2D eigenvalue weighted by Gasteiger charge is -2.13. The third kappa shape index (κ3) is 5.88. The Morgan fingerprint density at radius 1 is 1.23 bits per heavy atom. The minimum absolute atomic E-state index is 0. The van der Waals surface area contributed by atoms with Crippen molar-refractivity contribution in [1.82, 2.24) is 4.90 Å². The van der Waals surface area contributed by atoms with E-state index in [1.807, 2.05) is 0 Å². The van der Waals surface area contributed by atoms with Crippen LogP contribution in [0.3, 0.4) is 0 Å². The minimum atomic E-state index is -0.670. The number of hydrogen-bond acceptors (Lipinski definition) is 2. The summed E-state index contributed by atoms with van der Waals surface area (Å²) in [5, 5.41) is 8.39. The number of nitrogens with zero attached hydrogens (tertiary/aromatic N) is 1. The maximum atomic E-state index is 10.2. The molecule has 0 unspecified atom stereocenters. The summed E-state index contributed by atoms with van der Waals surface area (Å²) in [5.74, 6) is -0.670. The van der Waals surface area contributed by atoms with E-state index in [-0.39, 0.29) is 12.4 Å². The van der Waals surface area contributed by atoms with Crippen LogP contribution >= 0.6 is 12.4 Å². The SMILES string of the molecule is Cl.O=C(O)CCCCN1CCCC1. The van der Waals surface area contributed by atoms with Crippen molar-refractivity contribution in [1.29, 1.82) is 0 Å². The van der Waals surface area contributed by atoms with Crippen LogP contribution in [-0.4, -0.2) is 35.6 Å². The largest absolute Gasteiger partial charge is 0.481 e. The molecule has 0 aromatic carbocycles. The zero-order valence-corrected chi connectivity index (χ0v) is 8.68. The second kappa shape index (κ2) is 7.15. The molecule has 0 aliphatic carbocycles. The number of unbranched alkanes of at least 4 members (excludes halogenated alkanes) is 1. The molecule has 13 heavy (non-hydrogen) atoms. The van der Waals surface area contributed by atoms with Gasteiger partial charge in [-0.15, -0.1) is 12.4 Å². The molecule has 1 rings (SSSR count). The Labute approximate surface area is 85.5 Å². The Kier molecular flexibility index (Phi) is 7.00. The van der Waals surface area contributed by atoms with Crippen molar-refractivity contribution in [2.75, 3.05) is 19.6 Å². The lowest BCUT2D eigenvalue weighted by Crippen LogP contribution is -2.20. The van der Waals surface area contributed by atoms with E-state index in [1.165, 1.54) is 25.9 Å². The molecule has 0 spiro atoms. The Hall–Kier alpha value is -0.280. The van der Waals surface area contributed by atoms with E-state index in [9.17, 15) is 4.79 Å². The topological polar surface area (TPSA) is 40.5 Å². The number of halogens is 1. The van der Waals surface area contributed by atoms with Crippen molar-refractivity contribution in [2.45, 2.75) is 32.1 Å². The summed E-state index contributed by atoms with van der Waals surface area (Å²) in [6.07, 6.45) is 4.82. The van der Waals surface area contributed by atoms with Gasteiger partial charge in [0.2, 0.25) is 0 Å². The monoisotopic (exact) mass is 207 g/mol. The van der Waals surface area contributed by atoms with E-state index in [4.69, 9.17) is 5.11 Å². The lowest BCUT2D eigenvalue weighted by molar-refractivity contribution is -0.137. The summed E-state index contributed by atoms with van der Waals surface area (Å²) < 4.78 is 0. The van der Waals surface area contributed by atoms with Gasteiger partial charge in [-0.05, 0) is 45.3 Å². The standard InChI is InChI=1S/C9H17NO2.ClH/c11-9(12)5-1-2-6-10-7-3-4-8-10;/h1-8H2,(H,11,12);1H. The first-order valence-electron chi connectivity index (χ1n) is 4.73. The van der Waals surface area contributed by atoms with Crippen LogP contribution in [0.4, 0.5) is 0 Å². The molecule has 1 N–H and O–H groups in total. The summed E-state index contributed by atoms with van der Waals surface area (Å²) in [5.41, 5.74) is 0. The molecule has 0 aromatic rings. The van der Waals surface area contributed by atoms with Crippen molar-refractivity contribution >= 4 is 18.4 Å². The van der Waals surface area contributed by atoms with Gasteiger partial charge >= 0.3 is 5.97 Å². The van der Waals surface area contributed by atoms with Crippen LogP contribution in [0.1, 0.15) is 32.1 Å². The number of carboxylic acid groups (broad SMARTS) is 1. The Morgan fingerprint density at radius 2 is 1.85 bits per heavy atom. The maximum Gasteiger partial charge on any atom is 0.303 e. The number of carbonyl (C=O) groups is 1. The fourth-order valence-corrected chi connectivity index (χ4v) is 1.62. The molecule has 1 aliphatic rings. The van der Waals surface area contributed by atoms with Crippen molar-refractivity contribution in [3.05, 3.63) is 0 Å². The van der Waals surface area contributed by atoms with Gasteiger partial charge < -0.3 is 10.0 Å². The molecule has 0 bridgehead atoms. The van der Waals surface area contributed by atoms with Crippen LogP contribution in [-0.2, 0) is 4.79 Å². The number of rotatable bonds is 5. The predicted octanol–water partition coefficient (Wildman–Crippen LogP) is 1.76. The molecular formula is C9H18ClNO2. The highest BCUT2D eigenvalue weighted by molar-refractivity contribution is 5.85. The Bertz CT molecular complexity index is 147. The fourth-order valence-electron chi connectivity index (χ4n) is 1.62. The summed E-state index contributed by atoms with van der Waals surface area (Å²) in [6.45, 7) is 3.52. The number of carboxylic acids is 1. The van der Waals surface area contributed by atoms with Crippen molar-refractivity contribution < 1.29 is 9.90 Å². The third-order valence-corrected chi connectivity index (χ3v) is 2.31. The number of likely N-dealkylation sites (tertiary alicyclic amines) is 1. The summed E-state index contributed by atoms with van der Waals surface area (Å²) >= 11 is 0. The zero-order chi connectivity index (χ0) is 8.81. The third-order valence-electron chi connectivity index (χ3n) is 2.31. The van der Waals surface area contributed by atoms with Gasteiger partial charge in [-0.25, -0.2) is 0 Å². The van der Waals surface area contributed by atoms with E-state index in [0.717, 1.165) is 19.4 Å². The molecule has 0 saturated carbocycles. The Balaban J connectivity index is 0.00000144. The summed E-state index contributed by atoms with van der Waals surface area (Å²) in [4.78, 5) is 12.6. The molecule has 1 fully saturated rings. The predicted molar refractivity (Wildman–Crippen MR) is 54.4 cm³/mol. The van der Waals surface area contributed by atoms with Gasteiger partial charge in [0.25, 0.3) is 0 Å². The fraction of sp³-hybridized carbons (Fsp3) is 0.889. The molecule has 1 saturated heterocycles.